The summed E-state index contributed by atoms with van der Waals surface area (Å²) in [6.07, 6.45) is 2.00. The molecule has 23 heavy (non-hydrogen) atoms. The summed E-state index contributed by atoms with van der Waals surface area (Å²) in [6, 6.07) is 21.6. The quantitative estimate of drug-likeness (QED) is 0.699. The van der Waals surface area contributed by atoms with E-state index in [0.717, 1.165) is 21.4 Å². The topological polar surface area (TPSA) is 38.3 Å². The van der Waals surface area contributed by atoms with Crippen LogP contribution in [0.3, 0.4) is 0 Å². The molecule has 0 aliphatic carbocycles. The lowest BCUT2D eigenvalue weighted by atomic mass is 10.1. The van der Waals surface area contributed by atoms with Crippen molar-refractivity contribution in [1.29, 1.82) is 0 Å². The minimum atomic E-state index is -0.170. The number of carbonyl (C=O) groups excluding carboxylic acids is 1. The van der Waals surface area contributed by atoms with E-state index in [9.17, 15) is 4.79 Å². The van der Waals surface area contributed by atoms with Gasteiger partial charge in [-0.3, -0.25) is 4.79 Å². The average Bonchev–Trinajstić information content (AvgIpc) is 2.60. The maximum atomic E-state index is 12.0. The summed E-state index contributed by atoms with van der Waals surface area (Å²) in [7, 11) is 0. The summed E-state index contributed by atoms with van der Waals surface area (Å²) >= 11 is 1.64. The van der Waals surface area contributed by atoms with Crippen molar-refractivity contribution in [1.82, 2.24) is 0 Å². The molecule has 3 aromatic carbocycles. The minimum Gasteiger partial charge on any atom is -0.484 e. The first kappa shape index (κ1) is 15.4. The van der Waals surface area contributed by atoms with Crippen molar-refractivity contribution in [2.75, 3.05) is 18.2 Å². The molecule has 0 bridgehead atoms. The highest BCUT2D eigenvalue weighted by Gasteiger charge is 2.05. The van der Waals surface area contributed by atoms with Gasteiger partial charge in [0, 0.05) is 10.6 Å². The maximum Gasteiger partial charge on any atom is 0.262 e. The number of hydrogen-bond donors (Lipinski definition) is 1. The highest BCUT2D eigenvalue weighted by molar-refractivity contribution is 7.98. The molecule has 3 nitrogen and oxygen atoms in total. The number of hydrogen-bond acceptors (Lipinski definition) is 3. The summed E-state index contributed by atoms with van der Waals surface area (Å²) in [5.74, 6) is 0.521. The van der Waals surface area contributed by atoms with Crippen LogP contribution < -0.4 is 10.1 Å². The zero-order valence-corrected chi connectivity index (χ0v) is 13.6. The Labute approximate surface area is 139 Å². The second kappa shape index (κ2) is 7.20. The van der Waals surface area contributed by atoms with E-state index in [4.69, 9.17) is 4.74 Å². The van der Waals surface area contributed by atoms with Crippen molar-refractivity contribution in [2.24, 2.45) is 0 Å². The number of fused-ring (bicyclic) bond motifs is 1. The first-order valence-electron chi connectivity index (χ1n) is 7.30. The van der Waals surface area contributed by atoms with Gasteiger partial charge in [-0.05, 0) is 47.4 Å². The third-order valence-electron chi connectivity index (χ3n) is 3.44. The van der Waals surface area contributed by atoms with E-state index in [1.165, 1.54) is 0 Å². The number of carbonyl (C=O) groups is 1. The number of nitrogens with one attached hydrogen (secondary N) is 1. The smallest absolute Gasteiger partial charge is 0.262 e. The summed E-state index contributed by atoms with van der Waals surface area (Å²) < 4.78 is 5.59. The van der Waals surface area contributed by atoms with E-state index in [0.29, 0.717) is 5.75 Å². The molecule has 4 heteroatoms. The molecule has 0 aliphatic heterocycles. The number of ether oxygens (including phenoxy) is 1. The van der Waals surface area contributed by atoms with Crippen LogP contribution in [0.5, 0.6) is 5.75 Å². The van der Waals surface area contributed by atoms with Crippen LogP contribution in [0, 0.1) is 0 Å². The lowest BCUT2D eigenvalue weighted by Gasteiger charge is -2.09. The molecule has 0 unspecified atom stereocenters. The number of benzene rings is 3. The molecule has 0 fully saturated rings. The van der Waals surface area contributed by atoms with Crippen LogP contribution in [0.25, 0.3) is 10.8 Å². The zero-order chi connectivity index (χ0) is 16.1. The van der Waals surface area contributed by atoms with Crippen LogP contribution >= 0.6 is 11.8 Å². The van der Waals surface area contributed by atoms with Crippen LogP contribution in [0.15, 0.2) is 71.6 Å². The largest absolute Gasteiger partial charge is 0.484 e. The van der Waals surface area contributed by atoms with Gasteiger partial charge < -0.3 is 10.1 Å². The molecule has 3 aromatic rings. The monoisotopic (exact) mass is 323 g/mol. The molecule has 0 aliphatic rings. The molecular formula is C19H17NO2S. The summed E-state index contributed by atoms with van der Waals surface area (Å²) in [5.41, 5.74) is 0.781. The SMILES string of the molecule is CSc1cccc(NC(=O)COc2ccc3ccccc3c2)c1. The fourth-order valence-corrected chi connectivity index (χ4v) is 2.76. The van der Waals surface area contributed by atoms with Gasteiger partial charge in [-0.2, -0.15) is 0 Å². The van der Waals surface area contributed by atoms with Crippen LogP contribution in [0.2, 0.25) is 0 Å². The fraction of sp³-hybridized carbons (Fsp3) is 0.105. The standard InChI is InChI=1S/C19H17NO2S/c1-23-18-8-4-7-16(12-18)20-19(21)13-22-17-10-9-14-5-2-3-6-15(14)11-17/h2-12H,13H2,1H3,(H,20,21). The number of thioether (sulfide) groups is 1. The highest BCUT2D eigenvalue weighted by Crippen LogP contribution is 2.21. The minimum absolute atomic E-state index is 0.0121. The third kappa shape index (κ3) is 4.05. The van der Waals surface area contributed by atoms with E-state index in [2.05, 4.69) is 5.32 Å². The number of amides is 1. The molecule has 0 radical (unpaired) electrons. The molecule has 3 rings (SSSR count). The summed E-state index contributed by atoms with van der Waals surface area (Å²) in [4.78, 5) is 13.1. The van der Waals surface area contributed by atoms with Crippen molar-refractivity contribution < 1.29 is 9.53 Å². The summed E-state index contributed by atoms with van der Waals surface area (Å²) in [6.45, 7) is -0.0121. The van der Waals surface area contributed by atoms with E-state index in [1.54, 1.807) is 11.8 Å². The number of anilines is 1. The fourth-order valence-electron chi connectivity index (χ4n) is 2.30. The molecule has 116 valence electrons. The predicted molar refractivity (Wildman–Crippen MR) is 96.3 cm³/mol. The molecular weight excluding hydrogens is 306 g/mol. The van der Waals surface area contributed by atoms with Gasteiger partial charge in [0.2, 0.25) is 0 Å². The molecule has 1 amide bonds. The maximum absolute atomic E-state index is 12.0. The van der Waals surface area contributed by atoms with Crippen LogP contribution in [-0.2, 0) is 4.79 Å². The van der Waals surface area contributed by atoms with E-state index in [-0.39, 0.29) is 12.5 Å². The van der Waals surface area contributed by atoms with Crippen LogP contribution in [0.4, 0.5) is 5.69 Å². The van der Waals surface area contributed by atoms with Crippen molar-refractivity contribution >= 4 is 34.1 Å². The van der Waals surface area contributed by atoms with Gasteiger partial charge in [0.15, 0.2) is 6.61 Å². The van der Waals surface area contributed by atoms with Gasteiger partial charge in [0.05, 0.1) is 0 Å². The van der Waals surface area contributed by atoms with Gasteiger partial charge in [0.25, 0.3) is 5.91 Å². The van der Waals surface area contributed by atoms with Gasteiger partial charge in [-0.15, -0.1) is 11.8 Å². The van der Waals surface area contributed by atoms with Crippen LogP contribution in [-0.4, -0.2) is 18.8 Å². The van der Waals surface area contributed by atoms with Gasteiger partial charge in [0.1, 0.15) is 5.75 Å². The molecule has 0 heterocycles. The van der Waals surface area contributed by atoms with Crippen molar-refractivity contribution in [3.05, 3.63) is 66.7 Å². The Bertz CT molecular complexity index is 832. The van der Waals surface area contributed by atoms with Crippen molar-refractivity contribution in [3.8, 4) is 5.75 Å². The predicted octanol–water partition coefficient (Wildman–Crippen LogP) is 4.58. The highest BCUT2D eigenvalue weighted by atomic mass is 32.2. The second-order valence-electron chi connectivity index (χ2n) is 5.08. The Kier molecular flexibility index (Phi) is 4.83. The number of rotatable bonds is 5. The Hall–Kier alpha value is -2.46. The Morgan fingerprint density at radius 3 is 2.65 bits per heavy atom. The molecule has 0 aromatic heterocycles. The second-order valence-corrected chi connectivity index (χ2v) is 5.96. The van der Waals surface area contributed by atoms with E-state index in [1.807, 2.05) is 73.0 Å². The molecule has 0 saturated carbocycles. The first-order valence-corrected chi connectivity index (χ1v) is 8.52. The average molecular weight is 323 g/mol. The van der Waals surface area contributed by atoms with Gasteiger partial charge in [-0.25, -0.2) is 0 Å². The van der Waals surface area contributed by atoms with Crippen molar-refractivity contribution in [2.45, 2.75) is 4.90 Å². The lowest BCUT2D eigenvalue weighted by molar-refractivity contribution is -0.118. The Morgan fingerprint density at radius 1 is 1.00 bits per heavy atom. The van der Waals surface area contributed by atoms with Crippen molar-refractivity contribution in [3.63, 3.8) is 0 Å². The lowest BCUT2D eigenvalue weighted by Crippen LogP contribution is -2.20. The van der Waals surface area contributed by atoms with Crippen LogP contribution in [0.1, 0.15) is 0 Å². The van der Waals surface area contributed by atoms with E-state index < -0.39 is 0 Å². The Balaban J connectivity index is 1.61. The Morgan fingerprint density at radius 2 is 1.83 bits per heavy atom. The molecule has 0 saturated heterocycles. The van der Waals surface area contributed by atoms with Gasteiger partial charge >= 0.3 is 0 Å². The zero-order valence-electron chi connectivity index (χ0n) is 12.8. The normalized spacial score (nSPS) is 10.5. The molecule has 0 atom stereocenters. The molecule has 1 N–H and O–H groups in total. The first-order chi connectivity index (χ1) is 11.2. The van der Waals surface area contributed by atoms with Gasteiger partial charge in [-0.1, -0.05) is 36.4 Å². The molecule has 0 spiro atoms. The summed E-state index contributed by atoms with van der Waals surface area (Å²) in [5, 5.41) is 5.09. The third-order valence-corrected chi connectivity index (χ3v) is 4.17. The van der Waals surface area contributed by atoms with E-state index >= 15 is 0 Å².